The van der Waals surface area contributed by atoms with Crippen LogP contribution in [0.25, 0.3) is 10.9 Å². The first kappa shape index (κ1) is 27.2. The van der Waals surface area contributed by atoms with Crippen molar-refractivity contribution in [2.75, 3.05) is 44.6 Å². The number of benzene rings is 2. The third-order valence-corrected chi connectivity index (χ3v) is 7.62. The number of amides is 2. The largest absolute Gasteiger partial charge is 0.493 e. The van der Waals surface area contributed by atoms with Gasteiger partial charge in [0.15, 0.2) is 0 Å². The van der Waals surface area contributed by atoms with Crippen molar-refractivity contribution in [1.82, 2.24) is 19.8 Å². The smallest absolute Gasteiger partial charge is 0.321 e. The van der Waals surface area contributed by atoms with Crippen LogP contribution in [0.5, 0.6) is 11.5 Å². The average molecular weight is 532 g/mol. The van der Waals surface area contributed by atoms with Crippen molar-refractivity contribution in [3.8, 4) is 11.5 Å². The Labute approximate surface area is 231 Å². The van der Waals surface area contributed by atoms with Gasteiger partial charge in [0.1, 0.15) is 17.8 Å². The number of urea groups is 1. The van der Waals surface area contributed by atoms with E-state index >= 15 is 0 Å². The molecule has 3 aromatic rings. The Kier molecular flexibility index (Phi) is 9.14. The summed E-state index contributed by atoms with van der Waals surface area (Å²) in [6, 6.07) is 13.6. The third kappa shape index (κ3) is 7.38. The molecule has 3 heterocycles. The molecule has 2 amide bonds. The van der Waals surface area contributed by atoms with Gasteiger partial charge in [-0.1, -0.05) is 6.42 Å². The van der Waals surface area contributed by atoms with Crippen LogP contribution in [-0.2, 0) is 0 Å². The van der Waals surface area contributed by atoms with Gasteiger partial charge in [-0.2, -0.15) is 0 Å². The molecule has 0 bridgehead atoms. The van der Waals surface area contributed by atoms with Gasteiger partial charge in [-0.15, -0.1) is 0 Å². The highest BCUT2D eigenvalue weighted by Crippen LogP contribution is 2.32. The molecule has 8 nitrogen and oxygen atoms in total. The van der Waals surface area contributed by atoms with Gasteiger partial charge in [-0.3, -0.25) is 0 Å². The Balaban J connectivity index is 1.12. The van der Waals surface area contributed by atoms with E-state index in [1.165, 1.54) is 32.4 Å². The van der Waals surface area contributed by atoms with Gasteiger partial charge in [-0.25, -0.2) is 14.8 Å². The highest BCUT2D eigenvalue weighted by molar-refractivity contribution is 5.89. The predicted octanol–water partition coefficient (Wildman–Crippen LogP) is 6.08. The van der Waals surface area contributed by atoms with Crippen LogP contribution >= 0.6 is 0 Å². The number of carbonyl (C=O) groups excluding carboxylic acids is 1. The van der Waals surface area contributed by atoms with Crippen LogP contribution < -0.4 is 14.8 Å². The van der Waals surface area contributed by atoms with E-state index in [1.54, 1.807) is 6.33 Å². The summed E-state index contributed by atoms with van der Waals surface area (Å²) >= 11 is 0. The van der Waals surface area contributed by atoms with Crippen LogP contribution in [-0.4, -0.2) is 71.2 Å². The molecule has 0 spiro atoms. The van der Waals surface area contributed by atoms with E-state index in [-0.39, 0.29) is 12.1 Å². The van der Waals surface area contributed by atoms with E-state index in [1.807, 2.05) is 55.1 Å². The fourth-order valence-corrected chi connectivity index (χ4v) is 5.58. The maximum Gasteiger partial charge on any atom is 0.321 e. The molecule has 1 N–H and O–H groups in total. The lowest BCUT2D eigenvalue weighted by Gasteiger charge is -2.32. The first-order valence-corrected chi connectivity index (χ1v) is 14.5. The number of likely N-dealkylation sites (tertiary alicyclic amines) is 2. The van der Waals surface area contributed by atoms with Crippen molar-refractivity contribution in [3.63, 3.8) is 0 Å². The lowest BCUT2D eigenvalue weighted by atomic mass is 9.91. The average Bonchev–Trinajstić information content (AvgIpc) is 2.96. The summed E-state index contributed by atoms with van der Waals surface area (Å²) in [7, 11) is 0. The minimum absolute atomic E-state index is 0.0689. The molecule has 2 aromatic carbocycles. The third-order valence-electron chi connectivity index (χ3n) is 7.62. The Morgan fingerprint density at radius 1 is 0.974 bits per heavy atom. The Morgan fingerprint density at radius 2 is 1.72 bits per heavy atom. The summed E-state index contributed by atoms with van der Waals surface area (Å²) in [6.45, 7) is 9.64. The maximum atomic E-state index is 12.9. The fraction of sp³-hybridized carbons (Fsp3) is 0.516. The zero-order valence-corrected chi connectivity index (χ0v) is 23.3. The summed E-state index contributed by atoms with van der Waals surface area (Å²) in [5.74, 6) is 1.96. The molecule has 0 unspecified atom stereocenters. The normalized spacial score (nSPS) is 16.9. The molecule has 0 saturated carbocycles. The molecular weight excluding hydrogens is 490 g/mol. The molecule has 0 aliphatic carbocycles. The second-order valence-corrected chi connectivity index (χ2v) is 10.9. The highest BCUT2D eigenvalue weighted by Gasteiger charge is 2.26. The zero-order valence-electron chi connectivity index (χ0n) is 23.3. The zero-order chi connectivity index (χ0) is 27.0. The molecule has 5 rings (SSSR count). The second kappa shape index (κ2) is 13.1. The first-order valence-electron chi connectivity index (χ1n) is 14.5. The predicted molar refractivity (Wildman–Crippen MR) is 155 cm³/mol. The number of piperidine rings is 2. The topological polar surface area (TPSA) is 79.8 Å². The first-order chi connectivity index (χ1) is 19.0. The second-order valence-electron chi connectivity index (χ2n) is 10.9. The van der Waals surface area contributed by atoms with E-state index in [2.05, 4.69) is 26.3 Å². The van der Waals surface area contributed by atoms with E-state index < -0.39 is 0 Å². The van der Waals surface area contributed by atoms with Gasteiger partial charge in [-0.05, 0) is 95.4 Å². The molecule has 0 atom stereocenters. The van der Waals surface area contributed by atoms with Crippen LogP contribution in [0.3, 0.4) is 0 Å². The van der Waals surface area contributed by atoms with Crippen molar-refractivity contribution in [2.24, 2.45) is 0 Å². The van der Waals surface area contributed by atoms with Crippen LogP contribution in [0.1, 0.15) is 64.0 Å². The quantitative estimate of drug-likeness (QED) is 0.337. The van der Waals surface area contributed by atoms with E-state index in [0.717, 1.165) is 66.2 Å². The van der Waals surface area contributed by atoms with Crippen LogP contribution in [0.4, 0.5) is 10.5 Å². The molecule has 0 radical (unpaired) electrons. The van der Waals surface area contributed by atoms with E-state index in [9.17, 15) is 4.79 Å². The SMILES string of the molecule is CC(C)Oc1ccc(NC(=O)N2CCC(c3ncnc4cc(OCCCN5CCCCC5)ccc34)CC2)cc1. The van der Waals surface area contributed by atoms with E-state index in [0.29, 0.717) is 19.0 Å². The van der Waals surface area contributed by atoms with Gasteiger partial charge in [0, 0.05) is 42.7 Å². The number of carbonyl (C=O) groups is 1. The number of nitrogens with one attached hydrogen (secondary N) is 1. The Hall–Kier alpha value is -3.39. The van der Waals surface area contributed by atoms with Crippen molar-refractivity contribution < 1.29 is 14.3 Å². The molecule has 2 aliphatic rings. The van der Waals surface area contributed by atoms with Crippen molar-refractivity contribution in [1.29, 1.82) is 0 Å². The van der Waals surface area contributed by atoms with Gasteiger partial charge < -0.3 is 24.6 Å². The Bertz CT molecular complexity index is 1220. The van der Waals surface area contributed by atoms with Crippen molar-refractivity contribution in [3.05, 3.63) is 54.5 Å². The number of rotatable bonds is 9. The maximum absolute atomic E-state index is 12.9. The minimum Gasteiger partial charge on any atom is -0.493 e. The van der Waals surface area contributed by atoms with Crippen molar-refractivity contribution in [2.45, 2.75) is 64.4 Å². The number of ether oxygens (including phenoxy) is 2. The molecule has 2 saturated heterocycles. The molecule has 8 heteroatoms. The molecule has 208 valence electrons. The van der Waals surface area contributed by atoms with Crippen LogP contribution in [0, 0.1) is 0 Å². The summed E-state index contributed by atoms with van der Waals surface area (Å²) < 4.78 is 11.7. The minimum atomic E-state index is -0.0689. The highest BCUT2D eigenvalue weighted by atomic mass is 16.5. The summed E-state index contributed by atoms with van der Waals surface area (Å²) in [5, 5.41) is 4.09. The standard InChI is InChI=1S/C31H41N5O3/c1-23(2)39-26-9-7-25(8-10-26)34-31(37)36-18-13-24(14-19-36)30-28-12-11-27(21-29(28)32-22-33-30)38-20-6-17-35-15-4-3-5-16-35/h7-12,21-24H,3-6,13-20H2,1-2H3,(H,34,37). The van der Waals surface area contributed by atoms with Gasteiger partial charge in [0.2, 0.25) is 0 Å². The summed E-state index contributed by atoms with van der Waals surface area (Å²) in [6.07, 6.45) is 8.57. The van der Waals surface area contributed by atoms with Gasteiger partial charge in [0.25, 0.3) is 0 Å². The summed E-state index contributed by atoms with van der Waals surface area (Å²) in [5.41, 5.74) is 2.75. The molecule has 39 heavy (non-hydrogen) atoms. The number of anilines is 1. The lowest BCUT2D eigenvalue weighted by Crippen LogP contribution is -2.40. The Morgan fingerprint density at radius 3 is 2.46 bits per heavy atom. The molecule has 2 fully saturated rings. The molecule has 1 aromatic heterocycles. The number of fused-ring (bicyclic) bond motifs is 1. The van der Waals surface area contributed by atoms with Crippen LogP contribution in [0.2, 0.25) is 0 Å². The number of nitrogens with zero attached hydrogens (tertiary/aromatic N) is 4. The lowest BCUT2D eigenvalue weighted by molar-refractivity contribution is 0.194. The fourth-order valence-electron chi connectivity index (χ4n) is 5.58. The van der Waals surface area contributed by atoms with E-state index in [4.69, 9.17) is 9.47 Å². The monoisotopic (exact) mass is 531 g/mol. The van der Waals surface area contributed by atoms with Gasteiger partial charge in [0.05, 0.1) is 23.9 Å². The van der Waals surface area contributed by atoms with Crippen LogP contribution in [0.15, 0.2) is 48.8 Å². The van der Waals surface area contributed by atoms with Crippen molar-refractivity contribution >= 4 is 22.6 Å². The number of hydrogen-bond donors (Lipinski definition) is 1. The molecular formula is C31H41N5O3. The number of hydrogen-bond acceptors (Lipinski definition) is 6. The van der Waals surface area contributed by atoms with Gasteiger partial charge >= 0.3 is 6.03 Å². The number of aromatic nitrogens is 2. The molecule has 2 aliphatic heterocycles. The summed E-state index contributed by atoms with van der Waals surface area (Å²) in [4.78, 5) is 26.5.